The van der Waals surface area contributed by atoms with Crippen molar-refractivity contribution in [3.05, 3.63) is 41.0 Å². The topological polar surface area (TPSA) is 84.9 Å². The molecule has 4 aliphatic rings. The summed E-state index contributed by atoms with van der Waals surface area (Å²) >= 11 is 0. The van der Waals surface area contributed by atoms with Crippen molar-refractivity contribution in [1.82, 2.24) is 19.9 Å². The number of aromatic nitrogens is 4. The van der Waals surface area contributed by atoms with E-state index < -0.39 is 0 Å². The van der Waals surface area contributed by atoms with Crippen LogP contribution in [0.3, 0.4) is 0 Å². The van der Waals surface area contributed by atoms with Gasteiger partial charge in [0.1, 0.15) is 11.9 Å². The lowest BCUT2D eigenvalue weighted by Gasteiger charge is -2.37. The van der Waals surface area contributed by atoms with Crippen LogP contribution in [0.25, 0.3) is 22.5 Å². The molecule has 0 amide bonds. The van der Waals surface area contributed by atoms with Gasteiger partial charge >= 0.3 is 0 Å². The number of benzene rings is 1. The first-order valence-corrected chi connectivity index (χ1v) is 10.8. The molecular formula is C23H22N6O. The van der Waals surface area contributed by atoms with Gasteiger partial charge in [0.2, 0.25) is 5.88 Å². The Kier molecular flexibility index (Phi) is 3.26. The molecule has 7 rings (SSSR count). The molecule has 2 N–H and O–H groups in total. The second-order valence-electron chi connectivity index (χ2n) is 8.74. The number of hydrogen-bond donors (Lipinski definition) is 2. The lowest BCUT2D eigenvalue weighted by Crippen LogP contribution is -2.26. The largest absolute Gasteiger partial charge is 0.480 e. The van der Waals surface area contributed by atoms with Gasteiger partial charge in [0.05, 0.1) is 24.2 Å². The zero-order valence-corrected chi connectivity index (χ0v) is 16.8. The van der Waals surface area contributed by atoms with Crippen LogP contribution in [0, 0.1) is 0 Å². The number of nitrogens with zero attached hydrogens (tertiary/aromatic N) is 4. The summed E-state index contributed by atoms with van der Waals surface area (Å²) in [6, 6.07) is 4.48. The predicted octanol–water partition coefficient (Wildman–Crippen LogP) is 4.22. The Hall–Kier alpha value is -3.22. The monoisotopic (exact) mass is 398 g/mol. The van der Waals surface area contributed by atoms with E-state index in [1.54, 1.807) is 13.4 Å². The smallest absolute Gasteiger partial charge is 0.227 e. The molecule has 7 heteroatoms. The summed E-state index contributed by atoms with van der Waals surface area (Å²) < 4.78 is 5.60. The minimum Gasteiger partial charge on any atom is -0.480 e. The van der Waals surface area contributed by atoms with E-state index >= 15 is 0 Å². The maximum Gasteiger partial charge on any atom is 0.227 e. The third-order valence-corrected chi connectivity index (χ3v) is 6.95. The van der Waals surface area contributed by atoms with Gasteiger partial charge in [-0.1, -0.05) is 6.07 Å². The minimum atomic E-state index is 0.451. The molecule has 3 heterocycles. The normalized spacial score (nSPS) is 20.1. The molecule has 0 bridgehead atoms. The summed E-state index contributed by atoms with van der Waals surface area (Å²) in [5.74, 6) is 3.04. The van der Waals surface area contributed by atoms with Gasteiger partial charge in [-0.05, 0) is 61.6 Å². The van der Waals surface area contributed by atoms with Gasteiger partial charge in [-0.3, -0.25) is 10.9 Å². The van der Waals surface area contributed by atoms with Crippen molar-refractivity contribution in [2.24, 2.45) is 0 Å². The maximum absolute atomic E-state index is 5.60. The predicted molar refractivity (Wildman–Crippen MR) is 114 cm³/mol. The SMILES string of the molecule is COc1ncnc(C2CC2)c1-c1nc2c3c(n1)NNc1ccc4c(c1-3)C(CCC4)C2. The van der Waals surface area contributed by atoms with Crippen LogP contribution >= 0.6 is 0 Å². The molecule has 1 unspecified atom stereocenters. The molecule has 0 saturated heterocycles. The van der Waals surface area contributed by atoms with Crippen LogP contribution in [0.2, 0.25) is 0 Å². The summed E-state index contributed by atoms with van der Waals surface area (Å²) in [6.07, 6.45) is 8.46. The Morgan fingerprint density at radius 3 is 2.77 bits per heavy atom. The number of rotatable bonds is 3. The number of aryl methyl sites for hydroxylation is 1. The average molecular weight is 398 g/mol. The quantitative estimate of drug-likeness (QED) is 0.683. The highest BCUT2D eigenvalue weighted by Gasteiger charge is 2.37. The highest BCUT2D eigenvalue weighted by molar-refractivity contribution is 5.95. The van der Waals surface area contributed by atoms with Crippen LogP contribution in [0.4, 0.5) is 11.5 Å². The van der Waals surface area contributed by atoms with E-state index in [-0.39, 0.29) is 0 Å². The fraction of sp³-hybridized carbons (Fsp3) is 0.391. The number of anilines is 2. The molecule has 1 aliphatic heterocycles. The first kappa shape index (κ1) is 16.6. The maximum atomic E-state index is 5.60. The first-order chi connectivity index (χ1) is 14.8. The summed E-state index contributed by atoms with van der Waals surface area (Å²) in [5.41, 5.74) is 16.3. The van der Waals surface area contributed by atoms with E-state index in [0.29, 0.717) is 23.5 Å². The van der Waals surface area contributed by atoms with Crippen LogP contribution in [0.5, 0.6) is 5.88 Å². The van der Waals surface area contributed by atoms with Crippen LogP contribution < -0.4 is 15.6 Å². The highest BCUT2D eigenvalue weighted by Crippen LogP contribution is 2.53. The summed E-state index contributed by atoms with van der Waals surface area (Å²) in [7, 11) is 1.65. The molecule has 1 saturated carbocycles. The Labute approximate surface area is 174 Å². The molecule has 0 radical (unpaired) electrons. The molecule has 3 aromatic rings. The molecule has 30 heavy (non-hydrogen) atoms. The third kappa shape index (κ3) is 2.20. The fourth-order valence-electron chi connectivity index (χ4n) is 5.50. The zero-order chi connectivity index (χ0) is 19.8. The second-order valence-corrected chi connectivity index (χ2v) is 8.74. The molecular weight excluding hydrogens is 376 g/mol. The molecule has 7 nitrogen and oxygen atoms in total. The van der Waals surface area contributed by atoms with Crippen molar-refractivity contribution in [1.29, 1.82) is 0 Å². The van der Waals surface area contributed by atoms with Gasteiger partial charge in [0, 0.05) is 17.0 Å². The van der Waals surface area contributed by atoms with Crippen molar-refractivity contribution >= 4 is 11.5 Å². The number of nitrogens with one attached hydrogen (secondary N) is 2. The van der Waals surface area contributed by atoms with Crippen molar-refractivity contribution in [2.45, 2.75) is 50.4 Å². The summed E-state index contributed by atoms with van der Waals surface area (Å²) in [4.78, 5) is 19.0. The summed E-state index contributed by atoms with van der Waals surface area (Å²) in [6.45, 7) is 0. The fourth-order valence-corrected chi connectivity index (χ4v) is 5.50. The zero-order valence-electron chi connectivity index (χ0n) is 16.8. The van der Waals surface area contributed by atoms with Crippen molar-refractivity contribution in [3.8, 4) is 28.4 Å². The molecule has 1 aromatic carbocycles. The molecule has 3 aliphatic carbocycles. The van der Waals surface area contributed by atoms with Crippen molar-refractivity contribution < 1.29 is 4.74 Å². The lowest BCUT2D eigenvalue weighted by atomic mass is 9.72. The number of methoxy groups -OCH3 is 1. The molecule has 1 atom stereocenters. The van der Waals surface area contributed by atoms with Gasteiger partial charge in [-0.25, -0.2) is 19.9 Å². The van der Waals surface area contributed by atoms with Gasteiger partial charge in [-0.15, -0.1) is 0 Å². The van der Waals surface area contributed by atoms with E-state index in [2.05, 4.69) is 33.0 Å². The molecule has 1 fully saturated rings. The van der Waals surface area contributed by atoms with Crippen molar-refractivity contribution in [2.75, 3.05) is 18.0 Å². The Morgan fingerprint density at radius 2 is 1.90 bits per heavy atom. The van der Waals surface area contributed by atoms with Crippen LogP contribution in [0.15, 0.2) is 18.5 Å². The molecule has 2 aromatic heterocycles. The van der Waals surface area contributed by atoms with E-state index in [4.69, 9.17) is 14.7 Å². The van der Waals surface area contributed by atoms with E-state index in [1.807, 2.05) is 0 Å². The third-order valence-electron chi connectivity index (χ3n) is 6.95. The minimum absolute atomic E-state index is 0.451. The number of ether oxygens (including phenoxy) is 1. The van der Waals surface area contributed by atoms with E-state index in [0.717, 1.165) is 53.3 Å². The average Bonchev–Trinajstić information content (AvgIpc) is 3.63. The molecule has 150 valence electrons. The Balaban J connectivity index is 1.48. The number of hydrazine groups is 1. The highest BCUT2D eigenvalue weighted by atomic mass is 16.5. The van der Waals surface area contributed by atoms with E-state index in [9.17, 15) is 0 Å². The van der Waals surface area contributed by atoms with Gasteiger partial charge in [0.15, 0.2) is 11.6 Å². The lowest BCUT2D eigenvalue weighted by molar-refractivity contribution is 0.397. The van der Waals surface area contributed by atoms with Gasteiger partial charge in [0.25, 0.3) is 0 Å². The number of hydrogen-bond acceptors (Lipinski definition) is 7. The second kappa shape index (κ2) is 5.90. The first-order valence-electron chi connectivity index (χ1n) is 10.8. The summed E-state index contributed by atoms with van der Waals surface area (Å²) in [5, 5.41) is 0. The van der Waals surface area contributed by atoms with Crippen LogP contribution in [-0.2, 0) is 12.8 Å². The van der Waals surface area contributed by atoms with Gasteiger partial charge < -0.3 is 4.74 Å². The molecule has 0 spiro atoms. The van der Waals surface area contributed by atoms with E-state index in [1.165, 1.54) is 36.0 Å². The van der Waals surface area contributed by atoms with Crippen molar-refractivity contribution in [3.63, 3.8) is 0 Å². The van der Waals surface area contributed by atoms with Crippen LogP contribution in [0.1, 0.15) is 60.0 Å². The standard InChI is InChI=1S/C23H22N6O/c1-30-23-19(20(12-5-6-12)24-10-25-23)21-26-15-9-13-4-2-3-11-7-8-14-17(16(11)13)18(15)22(27-21)29-28-14/h7-8,10,12-13,28H,2-6,9H2,1H3,(H,26,27,29). The Bertz CT molecular complexity index is 1220. The van der Waals surface area contributed by atoms with Crippen LogP contribution in [-0.4, -0.2) is 27.0 Å². The Morgan fingerprint density at radius 1 is 0.967 bits per heavy atom. The van der Waals surface area contributed by atoms with Gasteiger partial charge in [-0.2, -0.15) is 0 Å².